The van der Waals surface area contributed by atoms with Gasteiger partial charge in [0.2, 0.25) is 0 Å². The molecule has 2 aliphatic rings. The van der Waals surface area contributed by atoms with Gasteiger partial charge in [-0.15, -0.1) is 0 Å². The van der Waals surface area contributed by atoms with E-state index in [1.54, 1.807) is 14.2 Å². The zero-order chi connectivity index (χ0) is 17.4. The predicted molar refractivity (Wildman–Crippen MR) is 95.5 cm³/mol. The fourth-order valence-corrected chi connectivity index (χ4v) is 3.73. The van der Waals surface area contributed by atoms with Crippen molar-refractivity contribution < 1.29 is 18.9 Å². The van der Waals surface area contributed by atoms with Gasteiger partial charge in [0.1, 0.15) is 24.7 Å². The Morgan fingerprint density at radius 1 is 0.960 bits per heavy atom. The maximum Gasteiger partial charge on any atom is 0.161 e. The fraction of sp³-hybridized carbons (Fsp3) is 0.368. The number of hydrogen-bond acceptors (Lipinski definition) is 5. The molecule has 2 aromatic carbocycles. The first-order valence-electron chi connectivity index (χ1n) is 8.28. The van der Waals surface area contributed by atoms with E-state index in [0.29, 0.717) is 24.0 Å². The number of benzene rings is 2. The van der Waals surface area contributed by atoms with E-state index in [1.165, 1.54) is 5.56 Å². The average molecular weight is 362 g/mol. The molecule has 5 nitrogen and oxygen atoms in total. The summed E-state index contributed by atoms with van der Waals surface area (Å²) in [7, 11) is 3.25. The molecule has 6 heteroatoms. The van der Waals surface area contributed by atoms with Crippen LogP contribution in [0.4, 0.5) is 0 Å². The molecule has 0 aromatic heterocycles. The Kier molecular flexibility index (Phi) is 4.36. The first-order chi connectivity index (χ1) is 12.2. The summed E-state index contributed by atoms with van der Waals surface area (Å²) >= 11 is 6.37. The smallest absolute Gasteiger partial charge is 0.161 e. The Bertz CT molecular complexity index is 808. The number of methoxy groups -OCH3 is 2. The van der Waals surface area contributed by atoms with E-state index in [2.05, 4.69) is 17.4 Å². The van der Waals surface area contributed by atoms with Crippen LogP contribution in [0.2, 0.25) is 5.02 Å². The summed E-state index contributed by atoms with van der Waals surface area (Å²) < 4.78 is 22.4. The highest BCUT2D eigenvalue weighted by Gasteiger charge is 2.28. The molecule has 0 radical (unpaired) electrons. The minimum Gasteiger partial charge on any atom is -0.496 e. The van der Waals surface area contributed by atoms with Gasteiger partial charge in [0.25, 0.3) is 0 Å². The van der Waals surface area contributed by atoms with Crippen molar-refractivity contribution in [3.63, 3.8) is 0 Å². The number of fused-ring (bicyclic) bond motifs is 2. The number of ether oxygens (including phenoxy) is 4. The summed E-state index contributed by atoms with van der Waals surface area (Å²) in [5.41, 5.74) is 3.39. The Labute approximate surface area is 151 Å². The van der Waals surface area contributed by atoms with Gasteiger partial charge < -0.3 is 24.3 Å². The number of nitrogens with one attached hydrogen (secondary N) is 1. The quantitative estimate of drug-likeness (QED) is 0.908. The maximum absolute atomic E-state index is 6.37. The highest BCUT2D eigenvalue weighted by molar-refractivity contribution is 6.32. The second-order valence-electron chi connectivity index (χ2n) is 6.06. The maximum atomic E-state index is 6.37. The van der Waals surface area contributed by atoms with Crippen LogP contribution in [-0.4, -0.2) is 34.0 Å². The molecule has 0 saturated carbocycles. The molecule has 4 rings (SSSR count). The average Bonchev–Trinajstić information content (AvgIpc) is 2.65. The third kappa shape index (κ3) is 2.87. The van der Waals surface area contributed by atoms with Gasteiger partial charge in [-0.25, -0.2) is 0 Å². The van der Waals surface area contributed by atoms with Crippen LogP contribution in [0.25, 0.3) is 0 Å². The fourth-order valence-electron chi connectivity index (χ4n) is 3.48. The van der Waals surface area contributed by atoms with Crippen LogP contribution in [0.3, 0.4) is 0 Å². The topological polar surface area (TPSA) is 49.0 Å². The summed E-state index contributed by atoms with van der Waals surface area (Å²) in [4.78, 5) is 0. The van der Waals surface area contributed by atoms with Crippen molar-refractivity contribution in [2.24, 2.45) is 0 Å². The summed E-state index contributed by atoms with van der Waals surface area (Å²) in [6, 6.07) is 7.86. The van der Waals surface area contributed by atoms with E-state index in [1.807, 2.05) is 12.1 Å². The first-order valence-corrected chi connectivity index (χ1v) is 8.66. The summed E-state index contributed by atoms with van der Waals surface area (Å²) in [6.07, 6.45) is 0.939. The van der Waals surface area contributed by atoms with E-state index in [9.17, 15) is 0 Å². The lowest BCUT2D eigenvalue weighted by atomic mass is 9.88. The Morgan fingerprint density at radius 3 is 2.40 bits per heavy atom. The predicted octanol–water partition coefficient (Wildman–Crippen LogP) is 3.36. The Morgan fingerprint density at radius 2 is 1.68 bits per heavy atom. The zero-order valence-electron chi connectivity index (χ0n) is 14.2. The van der Waals surface area contributed by atoms with Gasteiger partial charge in [0, 0.05) is 18.2 Å². The number of rotatable bonds is 3. The monoisotopic (exact) mass is 361 g/mol. The van der Waals surface area contributed by atoms with Gasteiger partial charge in [0.05, 0.1) is 25.3 Å². The van der Waals surface area contributed by atoms with Crippen LogP contribution in [0.15, 0.2) is 24.3 Å². The molecule has 0 saturated heterocycles. The highest BCUT2D eigenvalue weighted by atomic mass is 35.5. The molecule has 2 aromatic rings. The third-order valence-electron chi connectivity index (χ3n) is 4.67. The zero-order valence-corrected chi connectivity index (χ0v) is 15.0. The van der Waals surface area contributed by atoms with Crippen molar-refractivity contribution in [2.45, 2.75) is 12.5 Å². The lowest BCUT2D eigenvalue weighted by molar-refractivity contribution is 0.171. The number of halogens is 1. The van der Waals surface area contributed by atoms with Crippen molar-refractivity contribution in [2.75, 3.05) is 34.0 Å². The van der Waals surface area contributed by atoms with Crippen LogP contribution in [0, 0.1) is 0 Å². The molecule has 0 bridgehead atoms. The van der Waals surface area contributed by atoms with Crippen LogP contribution in [0.1, 0.15) is 22.7 Å². The van der Waals surface area contributed by atoms with Gasteiger partial charge in [-0.3, -0.25) is 0 Å². The number of hydrogen-bond donors (Lipinski definition) is 1. The van der Waals surface area contributed by atoms with E-state index in [4.69, 9.17) is 30.5 Å². The molecule has 132 valence electrons. The lowest BCUT2D eigenvalue weighted by Crippen LogP contribution is -2.31. The first kappa shape index (κ1) is 16.4. The van der Waals surface area contributed by atoms with Crippen LogP contribution in [-0.2, 0) is 6.42 Å². The molecule has 25 heavy (non-hydrogen) atoms. The van der Waals surface area contributed by atoms with Gasteiger partial charge in [-0.05, 0) is 35.7 Å². The van der Waals surface area contributed by atoms with E-state index >= 15 is 0 Å². The van der Waals surface area contributed by atoms with Crippen molar-refractivity contribution in [3.05, 3.63) is 46.0 Å². The van der Waals surface area contributed by atoms with Crippen molar-refractivity contribution >= 4 is 11.6 Å². The molecule has 1 atom stereocenters. The molecule has 1 unspecified atom stereocenters. The second kappa shape index (κ2) is 6.65. The van der Waals surface area contributed by atoms with Gasteiger partial charge in [0.15, 0.2) is 11.5 Å². The molecule has 0 spiro atoms. The molecular weight excluding hydrogens is 342 g/mol. The van der Waals surface area contributed by atoms with Crippen molar-refractivity contribution in [1.82, 2.24) is 5.32 Å². The standard InChI is InChI=1S/C19H20ClNO4/c1-22-15-10-16(23-2)14(20)8-13(15)19-12-9-18-17(24-5-6-25-18)7-11(12)3-4-21-19/h7-10,19,21H,3-6H2,1-2H3. The van der Waals surface area contributed by atoms with E-state index in [-0.39, 0.29) is 6.04 Å². The molecule has 1 N–H and O–H groups in total. The lowest BCUT2D eigenvalue weighted by Gasteiger charge is -2.31. The normalized spacial score (nSPS) is 18.4. The second-order valence-corrected chi connectivity index (χ2v) is 6.47. The largest absolute Gasteiger partial charge is 0.496 e. The van der Waals surface area contributed by atoms with E-state index < -0.39 is 0 Å². The van der Waals surface area contributed by atoms with Crippen molar-refractivity contribution in [3.8, 4) is 23.0 Å². The molecule has 0 amide bonds. The molecule has 0 aliphatic carbocycles. The molecule has 2 aliphatic heterocycles. The Hall–Kier alpha value is -2.11. The van der Waals surface area contributed by atoms with Gasteiger partial charge in [-0.2, -0.15) is 0 Å². The SMILES string of the molecule is COc1cc(OC)c(C2NCCc3cc4c(cc32)OCCO4)cc1Cl. The Balaban J connectivity index is 1.82. The van der Waals surface area contributed by atoms with E-state index in [0.717, 1.165) is 41.3 Å². The summed E-state index contributed by atoms with van der Waals surface area (Å²) in [5.74, 6) is 2.95. The molecular formula is C19H20ClNO4. The molecule has 0 fully saturated rings. The summed E-state index contributed by atoms with van der Waals surface area (Å²) in [6.45, 7) is 2.03. The minimum atomic E-state index is -0.0297. The van der Waals surface area contributed by atoms with Crippen LogP contribution in [0.5, 0.6) is 23.0 Å². The third-order valence-corrected chi connectivity index (χ3v) is 4.97. The van der Waals surface area contributed by atoms with Crippen LogP contribution < -0.4 is 24.3 Å². The van der Waals surface area contributed by atoms with Gasteiger partial charge >= 0.3 is 0 Å². The van der Waals surface area contributed by atoms with Crippen LogP contribution >= 0.6 is 11.6 Å². The van der Waals surface area contributed by atoms with Gasteiger partial charge in [-0.1, -0.05) is 11.6 Å². The van der Waals surface area contributed by atoms with Crippen molar-refractivity contribution in [1.29, 1.82) is 0 Å². The summed E-state index contributed by atoms with van der Waals surface area (Å²) in [5, 5.41) is 4.12. The molecule has 2 heterocycles. The minimum absolute atomic E-state index is 0.0297. The highest BCUT2D eigenvalue weighted by Crippen LogP contribution is 2.43.